The largest absolute Gasteiger partial charge is 0.465 e. The normalized spacial score (nSPS) is 23.2. The molecule has 2 bridgehead atoms. The summed E-state index contributed by atoms with van der Waals surface area (Å²) >= 11 is 0. The summed E-state index contributed by atoms with van der Waals surface area (Å²) < 4.78 is 6.12. The van der Waals surface area contributed by atoms with Crippen LogP contribution in [0.3, 0.4) is 0 Å². The lowest BCUT2D eigenvalue weighted by Gasteiger charge is -2.46. The molecule has 28 heavy (non-hydrogen) atoms. The zero-order valence-electron chi connectivity index (χ0n) is 17.0. The van der Waals surface area contributed by atoms with Crippen LogP contribution in [0.5, 0.6) is 0 Å². The molecule has 7 nitrogen and oxygen atoms in total. The van der Waals surface area contributed by atoms with Crippen molar-refractivity contribution in [3.8, 4) is 6.07 Å². The highest BCUT2D eigenvalue weighted by Crippen LogP contribution is 2.21. The second kappa shape index (κ2) is 8.48. The van der Waals surface area contributed by atoms with Crippen LogP contribution in [0.15, 0.2) is 24.3 Å². The summed E-state index contributed by atoms with van der Waals surface area (Å²) in [7, 11) is 0. The topological polar surface area (TPSA) is 80.0 Å². The monoisotopic (exact) mass is 386 g/mol. The van der Waals surface area contributed by atoms with Gasteiger partial charge in [0.15, 0.2) is 0 Å². The maximum absolute atomic E-state index is 11.5. The highest BCUT2D eigenvalue weighted by molar-refractivity contribution is 5.65. The summed E-state index contributed by atoms with van der Waals surface area (Å²) in [5.41, 5.74) is 1.49. The molecule has 152 valence electrons. The van der Waals surface area contributed by atoms with Crippen LogP contribution in [-0.2, 0) is 11.3 Å². The van der Waals surface area contributed by atoms with Gasteiger partial charge in [-0.1, -0.05) is 12.1 Å². The first-order valence-electron chi connectivity index (χ1n) is 9.84. The van der Waals surface area contributed by atoms with Crippen LogP contribution in [0, 0.1) is 11.3 Å². The van der Waals surface area contributed by atoms with E-state index in [-0.39, 0.29) is 12.2 Å². The highest BCUT2D eigenvalue weighted by atomic mass is 16.5. The van der Waals surface area contributed by atoms with Gasteiger partial charge in [0, 0.05) is 51.4 Å². The minimum absolute atomic E-state index is 0.152. The third kappa shape index (κ3) is 5.22. The maximum atomic E-state index is 11.5. The van der Waals surface area contributed by atoms with Crippen LogP contribution >= 0.6 is 0 Å². The van der Waals surface area contributed by atoms with Crippen molar-refractivity contribution in [2.24, 2.45) is 0 Å². The smallest absolute Gasteiger partial charge is 0.407 e. The summed E-state index contributed by atoms with van der Waals surface area (Å²) in [5, 5.41) is 18.4. The molecule has 2 unspecified atom stereocenters. The molecule has 7 heteroatoms. The van der Waals surface area contributed by atoms with E-state index in [1.807, 2.05) is 45.0 Å². The van der Waals surface area contributed by atoms with Crippen LogP contribution < -0.4 is 0 Å². The Labute approximate surface area is 167 Å². The highest BCUT2D eigenvalue weighted by Gasteiger charge is 2.35. The Kier molecular flexibility index (Phi) is 6.23. The van der Waals surface area contributed by atoms with Crippen LogP contribution in [-0.4, -0.2) is 82.9 Å². The Morgan fingerprint density at radius 2 is 1.75 bits per heavy atom. The molecule has 0 spiro atoms. The van der Waals surface area contributed by atoms with Gasteiger partial charge in [0.25, 0.3) is 0 Å². The Balaban J connectivity index is 1.52. The first kappa shape index (κ1) is 20.6. The van der Waals surface area contributed by atoms with Gasteiger partial charge in [-0.15, -0.1) is 0 Å². The predicted molar refractivity (Wildman–Crippen MR) is 106 cm³/mol. The van der Waals surface area contributed by atoms with Crippen LogP contribution in [0.4, 0.5) is 4.79 Å². The number of fused-ring (bicyclic) bond motifs is 2. The van der Waals surface area contributed by atoms with Gasteiger partial charge in [-0.2, -0.15) is 5.26 Å². The standard InChI is InChI=1S/C21H30N4O3/c1-21(2,3)25(20(26)27)9-8-23-12-18-14-24(15-19(13-23)28-18)11-17-6-4-16(10-22)5-7-17/h4-7,18-19H,8-9,11-15H2,1-3H3,(H,26,27). The van der Waals surface area contributed by atoms with Gasteiger partial charge >= 0.3 is 6.09 Å². The molecule has 1 N–H and O–H groups in total. The van der Waals surface area contributed by atoms with Crippen LogP contribution in [0.25, 0.3) is 0 Å². The lowest BCUT2D eigenvalue weighted by molar-refractivity contribution is -0.140. The lowest BCUT2D eigenvalue weighted by Crippen LogP contribution is -2.60. The molecular weight excluding hydrogens is 356 g/mol. The van der Waals surface area contributed by atoms with Gasteiger partial charge in [-0.3, -0.25) is 9.80 Å². The van der Waals surface area contributed by atoms with E-state index in [1.54, 1.807) is 0 Å². The minimum atomic E-state index is -0.866. The van der Waals surface area contributed by atoms with E-state index in [1.165, 1.54) is 10.5 Å². The molecule has 2 atom stereocenters. The number of carboxylic acid groups (broad SMARTS) is 1. The van der Waals surface area contributed by atoms with Crippen LogP contribution in [0.2, 0.25) is 0 Å². The number of morpholine rings is 2. The lowest BCUT2D eigenvalue weighted by atomic mass is 10.1. The predicted octanol–water partition coefficient (Wildman–Crippen LogP) is 2.22. The number of amides is 1. The summed E-state index contributed by atoms with van der Waals surface area (Å²) in [6.45, 7) is 11.3. The third-order valence-electron chi connectivity index (χ3n) is 5.40. The van der Waals surface area contributed by atoms with E-state index in [2.05, 4.69) is 15.9 Å². The van der Waals surface area contributed by atoms with Crippen molar-refractivity contribution in [1.82, 2.24) is 14.7 Å². The van der Waals surface area contributed by atoms with Crippen molar-refractivity contribution < 1.29 is 14.6 Å². The van der Waals surface area contributed by atoms with Crippen molar-refractivity contribution in [3.63, 3.8) is 0 Å². The molecular formula is C21H30N4O3. The summed E-state index contributed by atoms with van der Waals surface area (Å²) in [5.74, 6) is 0. The number of benzene rings is 1. The Morgan fingerprint density at radius 3 is 2.25 bits per heavy atom. The molecule has 2 aliphatic rings. The Bertz CT molecular complexity index is 709. The number of nitriles is 1. The Morgan fingerprint density at radius 1 is 1.18 bits per heavy atom. The maximum Gasteiger partial charge on any atom is 0.407 e. The molecule has 2 aliphatic heterocycles. The molecule has 0 aliphatic carbocycles. The SMILES string of the molecule is CC(C)(C)N(CCN1CC2CN(Cc3ccc(C#N)cc3)CC(C1)O2)C(=O)O. The molecule has 2 fully saturated rings. The van der Waals surface area contributed by atoms with Crippen molar-refractivity contribution in [1.29, 1.82) is 5.26 Å². The third-order valence-corrected chi connectivity index (χ3v) is 5.40. The first-order valence-corrected chi connectivity index (χ1v) is 9.84. The number of nitrogens with zero attached hydrogens (tertiary/aromatic N) is 4. The quantitative estimate of drug-likeness (QED) is 0.836. The molecule has 1 amide bonds. The second-order valence-corrected chi connectivity index (χ2v) is 8.75. The molecule has 2 heterocycles. The summed E-state index contributed by atoms with van der Waals surface area (Å²) in [6.07, 6.45) is -0.563. The second-order valence-electron chi connectivity index (χ2n) is 8.75. The van der Waals surface area contributed by atoms with E-state index in [4.69, 9.17) is 10.00 Å². The zero-order chi connectivity index (χ0) is 20.3. The number of hydrogen-bond acceptors (Lipinski definition) is 5. The number of hydrogen-bond donors (Lipinski definition) is 1. The van der Waals surface area contributed by atoms with Gasteiger partial charge in [0.2, 0.25) is 0 Å². The fourth-order valence-corrected chi connectivity index (χ4v) is 4.07. The minimum Gasteiger partial charge on any atom is -0.465 e. The van der Waals surface area contributed by atoms with Gasteiger partial charge in [-0.05, 0) is 38.5 Å². The van der Waals surface area contributed by atoms with E-state index in [9.17, 15) is 9.90 Å². The van der Waals surface area contributed by atoms with Gasteiger partial charge in [-0.25, -0.2) is 4.79 Å². The molecule has 1 aromatic carbocycles. The van der Waals surface area contributed by atoms with Crippen molar-refractivity contribution >= 4 is 6.09 Å². The molecule has 3 rings (SSSR count). The zero-order valence-corrected chi connectivity index (χ0v) is 17.0. The van der Waals surface area contributed by atoms with Crippen molar-refractivity contribution in [3.05, 3.63) is 35.4 Å². The number of ether oxygens (including phenoxy) is 1. The molecule has 1 aromatic rings. The molecule has 2 saturated heterocycles. The first-order chi connectivity index (χ1) is 13.2. The molecule has 0 radical (unpaired) electrons. The number of rotatable bonds is 5. The summed E-state index contributed by atoms with van der Waals surface area (Å²) in [6, 6.07) is 9.91. The van der Waals surface area contributed by atoms with Gasteiger partial charge in [0.05, 0.1) is 23.8 Å². The fraction of sp³-hybridized carbons (Fsp3) is 0.619. The van der Waals surface area contributed by atoms with Crippen LogP contribution in [0.1, 0.15) is 31.9 Å². The molecule has 0 saturated carbocycles. The number of carbonyl (C=O) groups is 1. The average molecular weight is 386 g/mol. The van der Waals surface area contributed by atoms with Gasteiger partial charge < -0.3 is 14.7 Å². The van der Waals surface area contributed by atoms with E-state index < -0.39 is 11.6 Å². The average Bonchev–Trinajstić information content (AvgIpc) is 2.60. The fourth-order valence-electron chi connectivity index (χ4n) is 4.07. The van der Waals surface area contributed by atoms with E-state index in [0.29, 0.717) is 12.1 Å². The Hall–Kier alpha value is -2.14. The molecule has 0 aromatic heterocycles. The summed E-state index contributed by atoms with van der Waals surface area (Å²) in [4.78, 5) is 17.8. The van der Waals surface area contributed by atoms with E-state index in [0.717, 1.165) is 39.3 Å². The van der Waals surface area contributed by atoms with E-state index >= 15 is 0 Å². The van der Waals surface area contributed by atoms with Crippen molar-refractivity contribution in [2.75, 3.05) is 39.3 Å². The van der Waals surface area contributed by atoms with Crippen molar-refractivity contribution in [2.45, 2.75) is 45.1 Å². The van der Waals surface area contributed by atoms with Gasteiger partial charge in [0.1, 0.15) is 0 Å².